The lowest BCUT2D eigenvalue weighted by Gasteiger charge is -2.31. The summed E-state index contributed by atoms with van der Waals surface area (Å²) >= 11 is 0. The van der Waals surface area contributed by atoms with Crippen molar-refractivity contribution in [3.8, 4) is 0 Å². The van der Waals surface area contributed by atoms with E-state index in [1.54, 1.807) is 36.5 Å². The van der Waals surface area contributed by atoms with Crippen LogP contribution < -0.4 is 10.6 Å². The van der Waals surface area contributed by atoms with E-state index in [1.165, 1.54) is 18.7 Å². The number of nitrogens with one attached hydrogen (secondary N) is 2. The van der Waals surface area contributed by atoms with Crippen LogP contribution in [0.3, 0.4) is 0 Å². The molecule has 3 atom stereocenters. The average Bonchev–Trinajstić information content (AvgIpc) is 2.74. The molecule has 1 aliphatic heterocycles. The van der Waals surface area contributed by atoms with E-state index in [0.717, 1.165) is 0 Å². The molecule has 0 spiro atoms. The summed E-state index contributed by atoms with van der Waals surface area (Å²) < 4.78 is 5.76. The number of carbonyl (C=O) groups excluding carboxylic acids is 2. The van der Waals surface area contributed by atoms with Crippen molar-refractivity contribution in [1.82, 2.24) is 25.6 Å². The van der Waals surface area contributed by atoms with E-state index in [0.29, 0.717) is 17.8 Å². The lowest BCUT2D eigenvalue weighted by Crippen LogP contribution is -2.49. The van der Waals surface area contributed by atoms with E-state index in [2.05, 4.69) is 25.6 Å². The number of aromatic nitrogens is 3. The third-order valence-corrected chi connectivity index (χ3v) is 4.20. The monoisotopic (exact) mass is 383 g/mol. The number of aliphatic hydroxyl groups excluding tert-OH is 1. The molecular weight excluding hydrogens is 362 g/mol. The van der Waals surface area contributed by atoms with Gasteiger partial charge in [0, 0.05) is 24.2 Å². The maximum atomic E-state index is 12.3. The summed E-state index contributed by atoms with van der Waals surface area (Å²) in [5, 5.41) is 15.2. The van der Waals surface area contributed by atoms with Gasteiger partial charge in [-0.15, -0.1) is 0 Å². The number of rotatable bonds is 7. The topological polar surface area (TPSA) is 126 Å². The molecule has 28 heavy (non-hydrogen) atoms. The zero-order valence-electron chi connectivity index (χ0n) is 15.1. The Bertz CT molecular complexity index is 816. The molecule has 2 amide bonds. The molecule has 0 unspecified atom stereocenters. The predicted molar refractivity (Wildman–Crippen MR) is 98.9 cm³/mol. The van der Waals surface area contributed by atoms with E-state index < -0.39 is 18.2 Å². The maximum absolute atomic E-state index is 12.3. The molecule has 9 nitrogen and oxygen atoms in total. The zero-order chi connectivity index (χ0) is 19.8. The normalized spacial score (nSPS) is 21.1. The summed E-state index contributed by atoms with van der Waals surface area (Å²) in [6.07, 6.45) is 8.51. The van der Waals surface area contributed by atoms with E-state index in [9.17, 15) is 14.7 Å². The van der Waals surface area contributed by atoms with Crippen molar-refractivity contribution in [2.45, 2.75) is 31.2 Å². The van der Waals surface area contributed by atoms with Crippen molar-refractivity contribution < 1.29 is 19.4 Å². The Kier molecular flexibility index (Phi) is 6.77. The number of pyridine rings is 1. The summed E-state index contributed by atoms with van der Waals surface area (Å²) in [5.74, 6) is -0.496. The van der Waals surface area contributed by atoms with Crippen molar-refractivity contribution in [1.29, 1.82) is 0 Å². The van der Waals surface area contributed by atoms with Gasteiger partial charge >= 0.3 is 0 Å². The molecule has 3 N–H and O–H groups in total. The predicted octanol–water partition coefficient (Wildman–Crippen LogP) is -0.00760. The molecule has 0 radical (unpaired) electrons. The lowest BCUT2D eigenvalue weighted by atomic mass is 10.0. The first-order valence-electron chi connectivity index (χ1n) is 8.83. The van der Waals surface area contributed by atoms with E-state index >= 15 is 0 Å². The van der Waals surface area contributed by atoms with Crippen molar-refractivity contribution >= 4 is 11.8 Å². The molecule has 0 saturated carbocycles. The fraction of sp³-hybridized carbons (Fsp3) is 0.316. The Morgan fingerprint density at radius 2 is 1.89 bits per heavy atom. The Balaban J connectivity index is 1.52. The van der Waals surface area contributed by atoms with Crippen LogP contribution in [0, 0.1) is 0 Å². The van der Waals surface area contributed by atoms with Crippen molar-refractivity contribution in [3.05, 3.63) is 66.5 Å². The van der Waals surface area contributed by atoms with Gasteiger partial charge in [-0.2, -0.15) is 0 Å². The summed E-state index contributed by atoms with van der Waals surface area (Å²) in [6, 6.07) is 4.42. The molecule has 0 aromatic carbocycles. The first kappa shape index (κ1) is 19.6. The minimum absolute atomic E-state index is 0.100. The molecule has 3 heterocycles. The third-order valence-electron chi connectivity index (χ3n) is 4.20. The molecule has 2 aromatic heterocycles. The molecule has 1 aliphatic rings. The average molecular weight is 383 g/mol. The van der Waals surface area contributed by atoms with Gasteiger partial charge in [0.25, 0.3) is 5.91 Å². The van der Waals surface area contributed by atoms with E-state index in [-0.39, 0.29) is 24.8 Å². The summed E-state index contributed by atoms with van der Waals surface area (Å²) in [4.78, 5) is 36.1. The molecule has 146 valence electrons. The summed E-state index contributed by atoms with van der Waals surface area (Å²) in [5.41, 5.74) is 1.17. The molecule has 9 heteroatoms. The van der Waals surface area contributed by atoms with Gasteiger partial charge in [-0.3, -0.25) is 14.6 Å². The highest BCUT2D eigenvalue weighted by molar-refractivity contribution is 5.94. The first-order chi connectivity index (χ1) is 13.7. The molecule has 0 fully saturated rings. The fourth-order valence-corrected chi connectivity index (χ4v) is 2.74. The van der Waals surface area contributed by atoms with E-state index in [1.807, 2.05) is 0 Å². The summed E-state index contributed by atoms with van der Waals surface area (Å²) in [7, 11) is 0. The van der Waals surface area contributed by atoms with Gasteiger partial charge in [-0.1, -0.05) is 12.2 Å². The SMILES string of the molecule is O=C(C[C@H]1C=C[C@H](NC(=O)c2ccncc2)[C@@H](CO)O1)NCc1ccncn1. The standard InChI is InChI=1S/C19H21N5O4/c25-11-17-16(24-19(27)13-3-6-20-7-4-13)2-1-15(28-17)9-18(26)22-10-14-5-8-21-12-23-14/h1-8,12,15-17,25H,9-11H2,(H,22,26)(H,24,27)/t15-,16+,17-/m1/s1. The summed E-state index contributed by atoms with van der Waals surface area (Å²) in [6.45, 7) is 0.0104. The highest BCUT2D eigenvalue weighted by Crippen LogP contribution is 2.16. The van der Waals surface area contributed by atoms with Crippen LogP contribution in [0.1, 0.15) is 22.5 Å². The van der Waals surface area contributed by atoms with Gasteiger partial charge in [0.15, 0.2) is 0 Å². The second-order valence-electron chi connectivity index (χ2n) is 6.20. The van der Waals surface area contributed by atoms with Crippen LogP contribution in [0.4, 0.5) is 0 Å². The molecule has 0 saturated heterocycles. The molecule has 3 rings (SSSR count). The molecule has 0 aliphatic carbocycles. The van der Waals surface area contributed by atoms with E-state index in [4.69, 9.17) is 4.74 Å². The van der Waals surface area contributed by atoms with Gasteiger partial charge in [0.1, 0.15) is 12.4 Å². The van der Waals surface area contributed by atoms with Crippen LogP contribution in [0.2, 0.25) is 0 Å². The maximum Gasteiger partial charge on any atom is 0.251 e. The van der Waals surface area contributed by atoms with Crippen LogP contribution in [0.5, 0.6) is 0 Å². The number of hydrogen-bond acceptors (Lipinski definition) is 7. The van der Waals surface area contributed by atoms with Crippen molar-refractivity contribution in [2.75, 3.05) is 6.61 Å². The smallest absolute Gasteiger partial charge is 0.251 e. The Hall–Kier alpha value is -3.17. The minimum atomic E-state index is -0.643. The first-order valence-corrected chi connectivity index (χ1v) is 8.83. The second kappa shape index (κ2) is 9.67. The highest BCUT2D eigenvalue weighted by atomic mass is 16.5. The number of aliphatic hydroxyl groups is 1. The van der Waals surface area contributed by atoms with Crippen LogP contribution in [0.25, 0.3) is 0 Å². The Morgan fingerprint density at radius 3 is 2.61 bits per heavy atom. The van der Waals surface area contributed by atoms with Gasteiger partial charge in [-0.05, 0) is 18.2 Å². The number of ether oxygens (including phenoxy) is 1. The zero-order valence-corrected chi connectivity index (χ0v) is 15.1. The molecule has 2 aromatic rings. The van der Waals surface area contributed by atoms with Crippen molar-refractivity contribution in [2.24, 2.45) is 0 Å². The Labute approximate surface area is 161 Å². The minimum Gasteiger partial charge on any atom is -0.394 e. The van der Waals surface area contributed by atoms with Crippen molar-refractivity contribution in [3.63, 3.8) is 0 Å². The number of carbonyl (C=O) groups is 2. The Morgan fingerprint density at radius 1 is 1.11 bits per heavy atom. The van der Waals surface area contributed by atoms with Crippen LogP contribution in [0.15, 0.2) is 55.3 Å². The second-order valence-corrected chi connectivity index (χ2v) is 6.20. The number of hydrogen-bond donors (Lipinski definition) is 3. The fourth-order valence-electron chi connectivity index (χ4n) is 2.74. The van der Waals surface area contributed by atoms with Gasteiger partial charge in [0.2, 0.25) is 5.91 Å². The van der Waals surface area contributed by atoms with Crippen LogP contribution in [-0.4, -0.2) is 56.7 Å². The van der Waals surface area contributed by atoms with Crippen LogP contribution >= 0.6 is 0 Å². The molecule has 0 bridgehead atoms. The van der Waals surface area contributed by atoms with Gasteiger partial charge in [-0.25, -0.2) is 9.97 Å². The van der Waals surface area contributed by atoms with Crippen LogP contribution in [-0.2, 0) is 16.1 Å². The number of amides is 2. The third kappa shape index (κ3) is 5.41. The number of nitrogens with zero attached hydrogens (tertiary/aromatic N) is 3. The van der Waals surface area contributed by atoms with Gasteiger partial charge < -0.3 is 20.5 Å². The quantitative estimate of drug-likeness (QED) is 0.574. The highest BCUT2D eigenvalue weighted by Gasteiger charge is 2.29. The largest absolute Gasteiger partial charge is 0.394 e. The van der Waals surface area contributed by atoms with Gasteiger partial charge in [0.05, 0.1) is 37.4 Å². The lowest BCUT2D eigenvalue weighted by molar-refractivity contribution is -0.125. The molecular formula is C19H21N5O4.